The van der Waals surface area contributed by atoms with E-state index in [1.807, 2.05) is 33.8 Å². The molecular formula is C17H18N2O3. The molecule has 2 heterocycles. The van der Waals surface area contributed by atoms with Crippen LogP contribution in [-0.4, -0.2) is 26.4 Å². The smallest absolute Gasteiger partial charge is 0.419 e. The molecule has 0 fully saturated rings. The summed E-state index contributed by atoms with van der Waals surface area (Å²) in [5, 5.41) is 11.6. The number of phenols is 1. The number of benzene rings is 1. The van der Waals surface area contributed by atoms with E-state index in [4.69, 9.17) is 4.74 Å². The van der Waals surface area contributed by atoms with Gasteiger partial charge in [-0.2, -0.15) is 0 Å². The molecule has 3 aromatic rings. The molecule has 114 valence electrons. The second-order valence-electron chi connectivity index (χ2n) is 6.31. The SMILES string of the molecule is Cc1nccc2c3ccc(O)cc3n(C(=O)OC(C)(C)C)c12. The van der Waals surface area contributed by atoms with Crippen LogP contribution in [0, 0.1) is 6.92 Å². The third-order valence-electron chi connectivity index (χ3n) is 3.42. The predicted molar refractivity (Wildman–Crippen MR) is 85.3 cm³/mol. The molecule has 0 aliphatic heterocycles. The van der Waals surface area contributed by atoms with E-state index in [1.165, 1.54) is 4.57 Å². The van der Waals surface area contributed by atoms with Crippen molar-refractivity contribution in [1.29, 1.82) is 0 Å². The number of aryl methyl sites for hydroxylation is 1. The summed E-state index contributed by atoms with van der Waals surface area (Å²) in [6.45, 7) is 7.31. The van der Waals surface area contributed by atoms with Crippen LogP contribution in [0.1, 0.15) is 26.5 Å². The van der Waals surface area contributed by atoms with Crippen molar-refractivity contribution in [3.63, 3.8) is 0 Å². The van der Waals surface area contributed by atoms with E-state index in [1.54, 1.807) is 24.4 Å². The van der Waals surface area contributed by atoms with Gasteiger partial charge in [0, 0.05) is 23.0 Å². The van der Waals surface area contributed by atoms with Crippen LogP contribution in [0.4, 0.5) is 4.79 Å². The molecule has 5 heteroatoms. The first-order valence-electron chi connectivity index (χ1n) is 7.10. The van der Waals surface area contributed by atoms with E-state index in [2.05, 4.69) is 4.98 Å². The van der Waals surface area contributed by atoms with Gasteiger partial charge in [-0.05, 0) is 45.9 Å². The van der Waals surface area contributed by atoms with E-state index in [9.17, 15) is 9.90 Å². The molecule has 2 aromatic heterocycles. The Hall–Kier alpha value is -2.56. The van der Waals surface area contributed by atoms with Gasteiger partial charge in [0.1, 0.15) is 11.4 Å². The van der Waals surface area contributed by atoms with E-state index in [-0.39, 0.29) is 5.75 Å². The summed E-state index contributed by atoms with van der Waals surface area (Å²) in [7, 11) is 0. The molecule has 0 radical (unpaired) electrons. The number of carbonyl (C=O) groups is 1. The number of nitrogens with zero attached hydrogens (tertiary/aromatic N) is 2. The lowest BCUT2D eigenvalue weighted by Crippen LogP contribution is -2.27. The fourth-order valence-corrected chi connectivity index (χ4v) is 2.61. The van der Waals surface area contributed by atoms with Crippen molar-refractivity contribution < 1.29 is 14.6 Å². The van der Waals surface area contributed by atoms with Crippen LogP contribution in [0.25, 0.3) is 21.8 Å². The number of rotatable bonds is 0. The number of carbonyl (C=O) groups excluding carboxylic acids is 1. The maximum Gasteiger partial charge on any atom is 0.419 e. The minimum Gasteiger partial charge on any atom is -0.508 e. The van der Waals surface area contributed by atoms with Crippen molar-refractivity contribution in [2.24, 2.45) is 0 Å². The normalized spacial score (nSPS) is 12.0. The summed E-state index contributed by atoms with van der Waals surface area (Å²) in [5.74, 6) is 0.103. The zero-order chi connectivity index (χ0) is 16.1. The monoisotopic (exact) mass is 298 g/mol. The van der Waals surface area contributed by atoms with Crippen molar-refractivity contribution >= 4 is 27.9 Å². The minimum atomic E-state index is -0.604. The average Bonchev–Trinajstić information content (AvgIpc) is 2.71. The summed E-state index contributed by atoms with van der Waals surface area (Å²) in [4.78, 5) is 16.9. The van der Waals surface area contributed by atoms with Gasteiger partial charge in [-0.3, -0.25) is 4.98 Å². The Morgan fingerprint density at radius 3 is 2.64 bits per heavy atom. The van der Waals surface area contributed by atoms with Crippen molar-refractivity contribution in [3.8, 4) is 5.75 Å². The van der Waals surface area contributed by atoms with Crippen molar-refractivity contribution in [2.45, 2.75) is 33.3 Å². The molecule has 0 amide bonds. The first-order chi connectivity index (χ1) is 10.3. The van der Waals surface area contributed by atoms with E-state index < -0.39 is 11.7 Å². The van der Waals surface area contributed by atoms with Gasteiger partial charge < -0.3 is 9.84 Å². The van der Waals surface area contributed by atoms with Crippen LogP contribution >= 0.6 is 0 Å². The van der Waals surface area contributed by atoms with Gasteiger partial charge in [0.05, 0.1) is 16.7 Å². The molecule has 0 atom stereocenters. The Labute approximate surface area is 128 Å². The Bertz CT molecular complexity index is 888. The highest BCUT2D eigenvalue weighted by atomic mass is 16.6. The first-order valence-corrected chi connectivity index (χ1v) is 7.10. The molecule has 0 saturated carbocycles. The highest BCUT2D eigenvalue weighted by molar-refractivity contribution is 6.13. The van der Waals surface area contributed by atoms with Gasteiger partial charge in [-0.15, -0.1) is 0 Å². The fourth-order valence-electron chi connectivity index (χ4n) is 2.61. The molecule has 0 unspecified atom stereocenters. The fraction of sp³-hybridized carbons (Fsp3) is 0.294. The number of ether oxygens (including phenoxy) is 1. The Morgan fingerprint density at radius 2 is 1.95 bits per heavy atom. The van der Waals surface area contributed by atoms with Gasteiger partial charge in [-0.25, -0.2) is 9.36 Å². The second kappa shape index (κ2) is 4.73. The minimum absolute atomic E-state index is 0.103. The summed E-state index contributed by atoms with van der Waals surface area (Å²) in [5.41, 5.74) is 1.45. The maximum atomic E-state index is 12.6. The molecule has 1 N–H and O–H groups in total. The highest BCUT2D eigenvalue weighted by Crippen LogP contribution is 2.32. The van der Waals surface area contributed by atoms with Crippen LogP contribution in [0.15, 0.2) is 30.5 Å². The Morgan fingerprint density at radius 1 is 1.23 bits per heavy atom. The zero-order valence-corrected chi connectivity index (χ0v) is 13.0. The first kappa shape index (κ1) is 14.4. The molecule has 0 spiro atoms. The number of aromatic nitrogens is 2. The van der Waals surface area contributed by atoms with Crippen molar-refractivity contribution in [2.75, 3.05) is 0 Å². The van der Waals surface area contributed by atoms with Crippen LogP contribution in [0.3, 0.4) is 0 Å². The van der Waals surface area contributed by atoms with Crippen molar-refractivity contribution in [1.82, 2.24) is 9.55 Å². The average molecular weight is 298 g/mol. The predicted octanol–water partition coefficient (Wildman–Crippen LogP) is 3.99. The number of aromatic hydroxyl groups is 1. The Balaban J connectivity index is 2.38. The third-order valence-corrected chi connectivity index (χ3v) is 3.42. The molecule has 0 aliphatic carbocycles. The van der Waals surface area contributed by atoms with E-state index in [0.29, 0.717) is 11.0 Å². The molecule has 0 aliphatic rings. The molecule has 0 bridgehead atoms. The van der Waals surface area contributed by atoms with Crippen LogP contribution in [0.2, 0.25) is 0 Å². The lowest BCUT2D eigenvalue weighted by Gasteiger charge is -2.20. The zero-order valence-electron chi connectivity index (χ0n) is 13.0. The summed E-state index contributed by atoms with van der Waals surface area (Å²) >= 11 is 0. The van der Waals surface area contributed by atoms with Gasteiger partial charge >= 0.3 is 6.09 Å². The molecule has 22 heavy (non-hydrogen) atoms. The van der Waals surface area contributed by atoms with Crippen LogP contribution < -0.4 is 0 Å². The third kappa shape index (κ3) is 2.28. The van der Waals surface area contributed by atoms with E-state index in [0.717, 1.165) is 16.5 Å². The number of pyridine rings is 1. The maximum absolute atomic E-state index is 12.6. The summed E-state index contributed by atoms with van der Waals surface area (Å²) in [6, 6.07) is 6.84. The molecular weight excluding hydrogens is 280 g/mol. The highest BCUT2D eigenvalue weighted by Gasteiger charge is 2.23. The lowest BCUT2D eigenvalue weighted by molar-refractivity contribution is 0.0551. The van der Waals surface area contributed by atoms with E-state index >= 15 is 0 Å². The molecule has 3 rings (SSSR count). The van der Waals surface area contributed by atoms with Gasteiger partial charge in [0.2, 0.25) is 0 Å². The van der Waals surface area contributed by atoms with Crippen LogP contribution in [0.5, 0.6) is 5.75 Å². The largest absolute Gasteiger partial charge is 0.508 e. The number of hydrogen-bond donors (Lipinski definition) is 1. The van der Waals surface area contributed by atoms with Gasteiger partial charge in [-0.1, -0.05) is 0 Å². The van der Waals surface area contributed by atoms with Gasteiger partial charge in [0.25, 0.3) is 0 Å². The quantitative estimate of drug-likeness (QED) is 0.681. The number of fused-ring (bicyclic) bond motifs is 3. The second-order valence-corrected chi connectivity index (χ2v) is 6.31. The Kier molecular flexibility index (Phi) is 3.09. The number of hydrogen-bond acceptors (Lipinski definition) is 4. The topological polar surface area (TPSA) is 64.4 Å². The van der Waals surface area contributed by atoms with Crippen molar-refractivity contribution in [3.05, 3.63) is 36.2 Å². The van der Waals surface area contributed by atoms with Gasteiger partial charge in [0.15, 0.2) is 0 Å². The standard InChI is InChI=1S/C17H18N2O3/c1-10-15-13(7-8-18-10)12-6-5-11(20)9-14(12)19(15)16(21)22-17(2,3)4/h5-9,20H,1-4H3. The lowest BCUT2D eigenvalue weighted by atomic mass is 10.1. The van der Waals surface area contributed by atoms with Crippen LogP contribution in [-0.2, 0) is 4.74 Å². The molecule has 5 nitrogen and oxygen atoms in total. The molecule has 1 aromatic carbocycles. The summed E-state index contributed by atoms with van der Waals surface area (Å²) < 4.78 is 6.99. The molecule has 0 saturated heterocycles. The summed E-state index contributed by atoms with van der Waals surface area (Å²) in [6.07, 6.45) is 1.23. The number of phenolic OH excluding ortho intramolecular Hbond substituents is 1.